The number of aromatic nitrogens is 2. The third-order valence-electron chi connectivity index (χ3n) is 3.28. The first-order valence-electron chi connectivity index (χ1n) is 7.21. The van der Waals surface area contributed by atoms with Crippen LogP contribution in [-0.4, -0.2) is 9.97 Å². The lowest BCUT2D eigenvalue weighted by Crippen LogP contribution is -2.05. The monoisotopic (exact) mass is 362 g/mol. The van der Waals surface area contributed by atoms with Gasteiger partial charge in [0.1, 0.15) is 17.0 Å². The van der Waals surface area contributed by atoms with Gasteiger partial charge in [-0.2, -0.15) is 13.2 Å². The van der Waals surface area contributed by atoms with Crippen molar-refractivity contribution in [3.05, 3.63) is 66.5 Å². The van der Waals surface area contributed by atoms with Gasteiger partial charge < -0.3 is 11.1 Å². The van der Waals surface area contributed by atoms with E-state index in [1.54, 1.807) is 0 Å². The quantitative estimate of drug-likeness (QED) is 0.642. The predicted molar refractivity (Wildman–Crippen MR) is 91.7 cm³/mol. The van der Waals surface area contributed by atoms with Gasteiger partial charge in [0.15, 0.2) is 5.82 Å². The summed E-state index contributed by atoms with van der Waals surface area (Å²) in [6.45, 7) is 0. The van der Waals surface area contributed by atoms with Crippen LogP contribution in [0.1, 0.15) is 5.56 Å². The van der Waals surface area contributed by atoms with Gasteiger partial charge in [-0.3, -0.25) is 0 Å². The molecule has 2 aromatic carbocycles. The highest BCUT2D eigenvalue weighted by Gasteiger charge is 2.29. The number of halogens is 3. The van der Waals surface area contributed by atoms with Crippen molar-refractivity contribution in [2.45, 2.75) is 16.1 Å². The fraction of sp³-hybridized carbons (Fsp3) is 0.0588. The van der Waals surface area contributed by atoms with Crippen LogP contribution in [0.15, 0.2) is 70.8 Å². The molecular formula is C17H13F3N4S. The van der Waals surface area contributed by atoms with Crippen molar-refractivity contribution in [3.8, 4) is 0 Å². The van der Waals surface area contributed by atoms with Crippen molar-refractivity contribution < 1.29 is 13.2 Å². The maximum absolute atomic E-state index is 12.6. The van der Waals surface area contributed by atoms with Crippen molar-refractivity contribution in [1.29, 1.82) is 0 Å². The molecule has 1 heterocycles. The molecule has 0 amide bonds. The lowest BCUT2D eigenvalue weighted by atomic mass is 10.2. The summed E-state index contributed by atoms with van der Waals surface area (Å²) >= 11 is 1.38. The zero-order chi connectivity index (χ0) is 17.9. The first kappa shape index (κ1) is 17.1. The van der Waals surface area contributed by atoms with Crippen molar-refractivity contribution >= 4 is 29.0 Å². The Morgan fingerprint density at radius 2 is 1.60 bits per heavy atom. The van der Waals surface area contributed by atoms with Crippen LogP contribution in [0, 0.1) is 0 Å². The summed E-state index contributed by atoms with van der Waals surface area (Å²) in [5, 5.41) is 3.49. The normalized spacial score (nSPS) is 11.3. The fourth-order valence-corrected chi connectivity index (χ4v) is 2.86. The van der Waals surface area contributed by atoms with Gasteiger partial charge in [0.25, 0.3) is 0 Å². The van der Waals surface area contributed by atoms with Crippen molar-refractivity contribution in [2.75, 3.05) is 11.1 Å². The molecule has 3 rings (SSSR count). The Morgan fingerprint density at radius 3 is 2.24 bits per heavy atom. The van der Waals surface area contributed by atoms with Gasteiger partial charge in [0.2, 0.25) is 0 Å². The molecule has 0 unspecified atom stereocenters. The average molecular weight is 362 g/mol. The largest absolute Gasteiger partial charge is 0.416 e. The van der Waals surface area contributed by atoms with E-state index in [0.717, 1.165) is 17.0 Å². The summed E-state index contributed by atoms with van der Waals surface area (Å²) < 4.78 is 37.8. The molecule has 25 heavy (non-hydrogen) atoms. The number of nitrogen functional groups attached to an aromatic ring is 1. The topological polar surface area (TPSA) is 63.8 Å². The molecule has 0 fully saturated rings. The summed E-state index contributed by atoms with van der Waals surface area (Å²) in [6, 6.07) is 14.2. The molecule has 0 saturated heterocycles. The Kier molecular flexibility index (Phi) is 4.80. The van der Waals surface area contributed by atoms with Crippen molar-refractivity contribution in [2.24, 2.45) is 0 Å². The van der Waals surface area contributed by atoms with Crippen LogP contribution in [0.5, 0.6) is 0 Å². The number of hydrogen-bond donors (Lipinski definition) is 2. The molecule has 1 aromatic heterocycles. The summed E-state index contributed by atoms with van der Waals surface area (Å²) in [4.78, 5) is 9.19. The highest BCUT2D eigenvalue weighted by atomic mass is 32.2. The molecule has 0 radical (unpaired) electrons. The maximum Gasteiger partial charge on any atom is 0.416 e. The van der Waals surface area contributed by atoms with E-state index in [1.807, 2.05) is 30.3 Å². The number of anilines is 3. The molecule has 3 aromatic rings. The molecule has 0 saturated carbocycles. The van der Waals surface area contributed by atoms with E-state index in [4.69, 9.17) is 5.73 Å². The molecule has 128 valence electrons. The molecule has 0 aliphatic rings. The number of nitrogens with one attached hydrogen (secondary N) is 1. The fourth-order valence-electron chi connectivity index (χ4n) is 2.04. The van der Waals surface area contributed by atoms with E-state index in [0.29, 0.717) is 22.2 Å². The van der Waals surface area contributed by atoms with E-state index in [-0.39, 0.29) is 0 Å². The number of benzene rings is 2. The standard InChI is InChI=1S/C17H13F3N4S/c18-17(19,20)11-6-8-12(9-7-11)24-15-14(21)16(23-10-22-15)25-13-4-2-1-3-5-13/h1-10H,21H2,(H,22,23,24). The van der Waals surface area contributed by atoms with Gasteiger partial charge in [0.05, 0.1) is 5.56 Å². The maximum atomic E-state index is 12.6. The zero-order valence-corrected chi connectivity index (χ0v) is 13.6. The van der Waals surface area contributed by atoms with Gasteiger partial charge in [-0.05, 0) is 36.4 Å². The van der Waals surface area contributed by atoms with E-state index in [2.05, 4.69) is 15.3 Å². The van der Waals surface area contributed by atoms with E-state index in [9.17, 15) is 13.2 Å². The lowest BCUT2D eigenvalue weighted by molar-refractivity contribution is -0.137. The van der Waals surface area contributed by atoms with E-state index in [1.165, 1.54) is 30.2 Å². The minimum absolute atomic E-state index is 0.330. The van der Waals surface area contributed by atoms with Crippen molar-refractivity contribution in [1.82, 2.24) is 9.97 Å². The second-order valence-corrected chi connectivity index (χ2v) is 6.12. The molecule has 3 N–H and O–H groups in total. The van der Waals surface area contributed by atoms with Crippen molar-refractivity contribution in [3.63, 3.8) is 0 Å². The molecule has 0 aliphatic carbocycles. The first-order chi connectivity index (χ1) is 11.9. The summed E-state index contributed by atoms with van der Waals surface area (Å²) in [6.07, 6.45) is -3.01. The van der Waals surface area contributed by atoms with Crippen LogP contribution >= 0.6 is 11.8 Å². The Morgan fingerprint density at radius 1 is 0.920 bits per heavy atom. The number of hydrogen-bond acceptors (Lipinski definition) is 5. The SMILES string of the molecule is Nc1c(Nc2ccc(C(F)(F)F)cc2)ncnc1Sc1ccccc1. The molecule has 0 atom stereocenters. The predicted octanol–water partition coefficient (Wildman–Crippen LogP) is 4.97. The molecule has 0 spiro atoms. The average Bonchev–Trinajstić information content (AvgIpc) is 2.59. The highest BCUT2D eigenvalue weighted by Crippen LogP contribution is 2.34. The molecule has 0 bridgehead atoms. The second-order valence-electron chi connectivity index (χ2n) is 5.06. The van der Waals surface area contributed by atoms with Gasteiger partial charge >= 0.3 is 6.18 Å². The molecule has 0 aliphatic heterocycles. The number of nitrogens with zero attached hydrogens (tertiary/aromatic N) is 2. The lowest BCUT2D eigenvalue weighted by Gasteiger charge is -2.12. The second kappa shape index (κ2) is 7.02. The van der Waals surface area contributed by atoms with Crippen LogP contribution in [0.3, 0.4) is 0 Å². The Hall–Kier alpha value is -2.74. The first-order valence-corrected chi connectivity index (χ1v) is 8.03. The minimum atomic E-state index is -4.37. The van der Waals surface area contributed by atoms with E-state index < -0.39 is 11.7 Å². The zero-order valence-electron chi connectivity index (χ0n) is 12.8. The Labute approximate surface area is 146 Å². The number of alkyl halides is 3. The van der Waals surface area contributed by atoms with Crippen LogP contribution < -0.4 is 11.1 Å². The smallest absolute Gasteiger partial charge is 0.394 e. The number of nitrogens with two attached hydrogens (primary N) is 1. The summed E-state index contributed by atoms with van der Waals surface area (Å²) in [7, 11) is 0. The third-order valence-corrected chi connectivity index (χ3v) is 4.31. The highest BCUT2D eigenvalue weighted by molar-refractivity contribution is 7.99. The van der Waals surface area contributed by atoms with Gasteiger partial charge in [-0.1, -0.05) is 30.0 Å². The summed E-state index contributed by atoms with van der Waals surface area (Å²) in [5.74, 6) is 0.341. The molecular weight excluding hydrogens is 349 g/mol. The van der Waals surface area contributed by atoms with Gasteiger partial charge in [-0.25, -0.2) is 9.97 Å². The van der Waals surface area contributed by atoms with Crippen LogP contribution in [0.4, 0.5) is 30.4 Å². The Bertz CT molecular complexity index is 852. The Balaban J connectivity index is 1.80. The molecule has 8 heteroatoms. The van der Waals surface area contributed by atoms with Gasteiger partial charge in [-0.15, -0.1) is 0 Å². The van der Waals surface area contributed by atoms with Crippen LogP contribution in [0.2, 0.25) is 0 Å². The third kappa shape index (κ3) is 4.21. The van der Waals surface area contributed by atoms with Crippen LogP contribution in [-0.2, 0) is 6.18 Å². The van der Waals surface area contributed by atoms with E-state index >= 15 is 0 Å². The minimum Gasteiger partial charge on any atom is -0.394 e. The number of rotatable bonds is 4. The van der Waals surface area contributed by atoms with Crippen LogP contribution in [0.25, 0.3) is 0 Å². The summed E-state index contributed by atoms with van der Waals surface area (Å²) in [5.41, 5.74) is 6.16. The van der Waals surface area contributed by atoms with Gasteiger partial charge in [0, 0.05) is 10.6 Å². The molecule has 4 nitrogen and oxygen atoms in total.